The Morgan fingerprint density at radius 3 is 2.63 bits per heavy atom. The normalized spacial score (nSPS) is 19.5. The Balaban J connectivity index is 2.13. The number of rotatable bonds is 9. The smallest absolute Gasteiger partial charge is 0.264 e. The number of carbonyl (C=O) groups excluding carboxylic acids is 1. The van der Waals surface area contributed by atoms with E-state index < -0.39 is 10.1 Å². The molecule has 150 valence electrons. The fourth-order valence-electron chi connectivity index (χ4n) is 3.37. The predicted octanol–water partition coefficient (Wildman–Crippen LogP) is 2.36. The number of carbonyl (C=O) groups is 1. The molecule has 0 aliphatic heterocycles. The first-order valence-corrected chi connectivity index (χ1v) is 10.6. The molecule has 2 rings (SSSR count). The van der Waals surface area contributed by atoms with E-state index in [2.05, 4.69) is 6.58 Å². The summed E-state index contributed by atoms with van der Waals surface area (Å²) >= 11 is 0. The molecule has 0 radical (unpaired) electrons. The van der Waals surface area contributed by atoms with E-state index in [-0.39, 0.29) is 24.5 Å². The van der Waals surface area contributed by atoms with Gasteiger partial charge < -0.3 is 14.4 Å². The molecular formula is C19H27NO6S. The lowest BCUT2D eigenvalue weighted by atomic mass is 10.1. The van der Waals surface area contributed by atoms with Gasteiger partial charge in [-0.25, -0.2) is 0 Å². The lowest BCUT2D eigenvalue weighted by Crippen LogP contribution is -2.37. The maximum Gasteiger partial charge on any atom is 0.264 e. The van der Waals surface area contributed by atoms with E-state index in [1.807, 2.05) is 12.1 Å². The van der Waals surface area contributed by atoms with Gasteiger partial charge in [0.2, 0.25) is 5.91 Å². The molecule has 1 aliphatic rings. The number of nitrogens with zero attached hydrogens (tertiary/aromatic N) is 1. The van der Waals surface area contributed by atoms with Crippen LogP contribution in [0.2, 0.25) is 0 Å². The Hall–Kier alpha value is -2.06. The number of benzene rings is 1. The Morgan fingerprint density at radius 2 is 2.04 bits per heavy atom. The van der Waals surface area contributed by atoms with Crippen molar-refractivity contribution in [2.24, 2.45) is 5.92 Å². The van der Waals surface area contributed by atoms with Crippen molar-refractivity contribution in [1.29, 1.82) is 0 Å². The van der Waals surface area contributed by atoms with Gasteiger partial charge >= 0.3 is 0 Å². The lowest BCUT2D eigenvalue weighted by molar-refractivity contribution is -0.128. The third-order valence-corrected chi connectivity index (χ3v) is 5.33. The van der Waals surface area contributed by atoms with Crippen molar-refractivity contribution in [3.05, 3.63) is 36.4 Å². The van der Waals surface area contributed by atoms with Crippen LogP contribution in [-0.4, -0.2) is 52.3 Å². The topological polar surface area (TPSA) is 82.1 Å². The number of amides is 1. The van der Waals surface area contributed by atoms with Crippen LogP contribution in [0.5, 0.6) is 11.5 Å². The average Bonchev–Trinajstić information content (AvgIpc) is 3.12. The first-order valence-electron chi connectivity index (χ1n) is 8.75. The largest absolute Gasteiger partial charge is 0.497 e. The second kappa shape index (κ2) is 9.23. The van der Waals surface area contributed by atoms with Crippen molar-refractivity contribution >= 4 is 16.0 Å². The van der Waals surface area contributed by atoms with E-state index in [4.69, 9.17) is 13.7 Å². The van der Waals surface area contributed by atoms with Gasteiger partial charge in [-0.1, -0.05) is 6.58 Å². The summed E-state index contributed by atoms with van der Waals surface area (Å²) in [5, 5.41) is 0. The molecule has 1 saturated carbocycles. The van der Waals surface area contributed by atoms with Gasteiger partial charge in [0.25, 0.3) is 10.1 Å². The van der Waals surface area contributed by atoms with Crippen molar-refractivity contribution in [3.8, 4) is 11.5 Å². The van der Waals surface area contributed by atoms with Crippen LogP contribution in [0.1, 0.15) is 24.8 Å². The molecule has 1 aromatic carbocycles. The molecule has 0 bridgehead atoms. The fourth-order valence-corrected chi connectivity index (χ4v) is 3.81. The second-order valence-electron chi connectivity index (χ2n) is 6.67. The summed E-state index contributed by atoms with van der Waals surface area (Å²) in [4.78, 5) is 14.2. The van der Waals surface area contributed by atoms with Gasteiger partial charge in [-0.2, -0.15) is 8.42 Å². The molecule has 8 heteroatoms. The first-order chi connectivity index (χ1) is 12.8. The van der Waals surface area contributed by atoms with Gasteiger partial charge in [0.15, 0.2) is 0 Å². The molecule has 1 aromatic rings. The van der Waals surface area contributed by atoms with E-state index in [1.165, 1.54) is 6.08 Å². The van der Waals surface area contributed by atoms with Gasteiger partial charge in [-0.15, -0.1) is 0 Å². The second-order valence-corrected chi connectivity index (χ2v) is 8.31. The highest BCUT2D eigenvalue weighted by Gasteiger charge is 2.32. The van der Waals surface area contributed by atoms with E-state index in [1.54, 1.807) is 25.2 Å². The van der Waals surface area contributed by atoms with Crippen LogP contribution in [0.4, 0.5) is 0 Å². The third kappa shape index (κ3) is 5.97. The quantitative estimate of drug-likeness (QED) is 0.470. The van der Waals surface area contributed by atoms with Crippen molar-refractivity contribution in [2.75, 3.05) is 27.1 Å². The van der Waals surface area contributed by atoms with Crippen LogP contribution in [0.25, 0.3) is 0 Å². The molecule has 0 aromatic heterocycles. The molecule has 0 heterocycles. The maximum absolute atomic E-state index is 12.5. The van der Waals surface area contributed by atoms with Crippen LogP contribution in [0, 0.1) is 5.92 Å². The number of methoxy groups -OCH3 is 2. The zero-order valence-electron chi connectivity index (χ0n) is 16.0. The molecule has 0 N–H and O–H groups in total. The van der Waals surface area contributed by atoms with Gasteiger partial charge in [0.1, 0.15) is 11.5 Å². The minimum absolute atomic E-state index is 0.00420. The molecule has 27 heavy (non-hydrogen) atoms. The van der Waals surface area contributed by atoms with Crippen LogP contribution in [-0.2, 0) is 25.6 Å². The van der Waals surface area contributed by atoms with Crippen LogP contribution in [0.3, 0.4) is 0 Å². The Labute approximate surface area is 161 Å². The van der Waals surface area contributed by atoms with Gasteiger partial charge in [-0.3, -0.25) is 8.98 Å². The number of hydrogen-bond acceptors (Lipinski definition) is 6. The zero-order valence-corrected chi connectivity index (χ0v) is 16.8. The molecular weight excluding hydrogens is 370 g/mol. The SMILES string of the molecule is C=CC(=O)N(Cc1ccc(OC)cc1OC)C1CCC(COS(C)(=O)=O)C1. The molecule has 1 aliphatic carbocycles. The van der Waals surface area contributed by atoms with Crippen LogP contribution < -0.4 is 9.47 Å². The van der Waals surface area contributed by atoms with Crippen molar-refractivity contribution in [2.45, 2.75) is 31.8 Å². The summed E-state index contributed by atoms with van der Waals surface area (Å²) < 4.78 is 38.0. The van der Waals surface area contributed by atoms with Gasteiger partial charge in [0.05, 0.1) is 27.1 Å². The first kappa shape index (κ1) is 21.2. The lowest BCUT2D eigenvalue weighted by Gasteiger charge is -2.29. The molecule has 2 unspecified atom stereocenters. The Bertz CT molecular complexity index is 776. The Kier molecular flexibility index (Phi) is 7.26. The Morgan fingerprint density at radius 1 is 1.30 bits per heavy atom. The molecule has 1 fully saturated rings. The minimum Gasteiger partial charge on any atom is -0.497 e. The fraction of sp³-hybridized carbons (Fsp3) is 0.526. The number of hydrogen-bond donors (Lipinski definition) is 0. The van der Waals surface area contributed by atoms with E-state index >= 15 is 0 Å². The summed E-state index contributed by atoms with van der Waals surface area (Å²) in [6.07, 6.45) is 4.63. The molecule has 1 amide bonds. The standard InChI is InChI=1S/C19H27NO6S/c1-5-19(21)20(12-15-7-9-17(24-2)11-18(15)25-3)16-8-6-14(10-16)13-26-27(4,22)23/h5,7,9,11,14,16H,1,6,8,10,12-13H2,2-4H3. The highest BCUT2D eigenvalue weighted by Crippen LogP contribution is 2.33. The summed E-state index contributed by atoms with van der Waals surface area (Å²) in [5.74, 6) is 1.26. The monoisotopic (exact) mass is 397 g/mol. The molecule has 0 spiro atoms. The molecule has 2 atom stereocenters. The zero-order chi connectivity index (χ0) is 20.0. The highest BCUT2D eigenvalue weighted by molar-refractivity contribution is 7.85. The van der Waals surface area contributed by atoms with Crippen LogP contribution >= 0.6 is 0 Å². The van der Waals surface area contributed by atoms with Crippen LogP contribution in [0.15, 0.2) is 30.9 Å². The molecule has 0 saturated heterocycles. The minimum atomic E-state index is -3.46. The maximum atomic E-state index is 12.5. The summed E-state index contributed by atoms with van der Waals surface area (Å²) in [5.41, 5.74) is 0.865. The molecule has 7 nitrogen and oxygen atoms in total. The van der Waals surface area contributed by atoms with E-state index in [0.717, 1.165) is 24.7 Å². The summed E-state index contributed by atoms with van der Waals surface area (Å²) in [7, 11) is -0.302. The van der Waals surface area contributed by atoms with Gasteiger partial charge in [0, 0.05) is 24.2 Å². The van der Waals surface area contributed by atoms with E-state index in [0.29, 0.717) is 24.5 Å². The average molecular weight is 397 g/mol. The number of ether oxygens (including phenoxy) is 2. The summed E-state index contributed by atoms with van der Waals surface area (Å²) in [6, 6.07) is 5.48. The highest BCUT2D eigenvalue weighted by atomic mass is 32.2. The third-order valence-electron chi connectivity index (χ3n) is 4.76. The van der Waals surface area contributed by atoms with E-state index in [9.17, 15) is 13.2 Å². The summed E-state index contributed by atoms with van der Waals surface area (Å²) in [6.45, 7) is 4.13. The van der Waals surface area contributed by atoms with Crippen molar-refractivity contribution in [3.63, 3.8) is 0 Å². The van der Waals surface area contributed by atoms with Gasteiger partial charge in [-0.05, 0) is 43.4 Å². The predicted molar refractivity (Wildman–Crippen MR) is 102 cm³/mol. The van der Waals surface area contributed by atoms with Crippen molar-refractivity contribution in [1.82, 2.24) is 4.90 Å². The van der Waals surface area contributed by atoms with Crippen molar-refractivity contribution < 1.29 is 26.9 Å².